The second-order valence-electron chi connectivity index (χ2n) is 2.35. The predicted octanol–water partition coefficient (Wildman–Crippen LogP) is 2.89. The minimum atomic E-state index is -4.56. The van der Waals surface area contributed by atoms with Crippen LogP contribution < -0.4 is 4.74 Å². The third kappa shape index (κ3) is 2.38. The Bertz CT molecular complexity index is 349. The molecule has 0 aliphatic heterocycles. The standard InChI is InChI=1S/C8H4ClF3O2/c9-7-2-1-5(14-4-13)3-6(7)8(10,11)12/h1-4H. The van der Waals surface area contributed by atoms with Crippen LogP contribution in [0.2, 0.25) is 5.02 Å². The van der Waals surface area contributed by atoms with Gasteiger partial charge in [0, 0.05) is 0 Å². The summed E-state index contributed by atoms with van der Waals surface area (Å²) in [6.45, 7) is 0.0450. The molecule has 0 aliphatic carbocycles. The fraction of sp³-hybridized carbons (Fsp3) is 0.125. The number of carbonyl (C=O) groups is 1. The molecule has 1 aromatic rings. The molecule has 0 spiro atoms. The Labute approximate surface area is 82.2 Å². The number of benzene rings is 1. The minimum Gasteiger partial charge on any atom is -0.429 e. The average molecular weight is 225 g/mol. The second-order valence-corrected chi connectivity index (χ2v) is 2.76. The number of rotatable bonds is 2. The smallest absolute Gasteiger partial charge is 0.417 e. The number of carbonyl (C=O) groups excluding carboxylic acids is 1. The molecule has 0 atom stereocenters. The Morgan fingerprint density at radius 1 is 1.36 bits per heavy atom. The van der Waals surface area contributed by atoms with E-state index < -0.39 is 16.8 Å². The third-order valence-corrected chi connectivity index (χ3v) is 1.76. The van der Waals surface area contributed by atoms with Gasteiger partial charge in [-0.3, -0.25) is 4.79 Å². The van der Waals surface area contributed by atoms with E-state index in [1.54, 1.807) is 0 Å². The first kappa shape index (κ1) is 10.8. The van der Waals surface area contributed by atoms with Crippen LogP contribution in [0.4, 0.5) is 13.2 Å². The highest BCUT2D eigenvalue weighted by Crippen LogP contribution is 2.36. The van der Waals surface area contributed by atoms with E-state index >= 15 is 0 Å². The maximum atomic E-state index is 12.2. The summed E-state index contributed by atoms with van der Waals surface area (Å²) in [5, 5.41) is -0.434. The highest BCUT2D eigenvalue weighted by atomic mass is 35.5. The van der Waals surface area contributed by atoms with Gasteiger partial charge < -0.3 is 4.74 Å². The Morgan fingerprint density at radius 3 is 2.50 bits per heavy atom. The van der Waals surface area contributed by atoms with Crippen molar-refractivity contribution in [2.75, 3.05) is 0 Å². The topological polar surface area (TPSA) is 26.3 Å². The van der Waals surface area contributed by atoms with Crippen molar-refractivity contribution in [3.63, 3.8) is 0 Å². The number of halogens is 4. The number of hydrogen-bond donors (Lipinski definition) is 0. The molecule has 0 saturated carbocycles. The van der Waals surface area contributed by atoms with Gasteiger partial charge in [-0.15, -0.1) is 0 Å². The van der Waals surface area contributed by atoms with Crippen LogP contribution >= 0.6 is 11.6 Å². The third-order valence-electron chi connectivity index (χ3n) is 1.43. The van der Waals surface area contributed by atoms with Gasteiger partial charge in [0.05, 0.1) is 10.6 Å². The maximum absolute atomic E-state index is 12.2. The van der Waals surface area contributed by atoms with E-state index in [-0.39, 0.29) is 12.2 Å². The fourth-order valence-corrected chi connectivity index (χ4v) is 1.08. The van der Waals surface area contributed by atoms with Gasteiger partial charge in [0.2, 0.25) is 0 Å². The summed E-state index contributed by atoms with van der Waals surface area (Å²) < 4.78 is 41.0. The molecule has 0 aromatic heterocycles. The highest BCUT2D eigenvalue weighted by Gasteiger charge is 2.33. The molecule has 0 amide bonds. The van der Waals surface area contributed by atoms with E-state index in [9.17, 15) is 18.0 Å². The van der Waals surface area contributed by atoms with Gasteiger partial charge >= 0.3 is 6.18 Å². The Hall–Kier alpha value is -1.23. The molecule has 2 nitrogen and oxygen atoms in total. The van der Waals surface area contributed by atoms with Crippen molar-refractivity contribution in [3.05, 3.63) is 28.8 Å². The zero-order chi connectivity index (χ0) is 10.8. The van der Waals surface area contributed by atoms with Crippen molar-refractivity contribution in [1.82, 2.24) is 0 Å². The largest absolute Gasteiger partial charge is 0.429 e. The normalized spacial score (nSPS) is 11.1. The number of ether oxygens (including phenoxy) is 1. The van der Waals surface area contributed by atoms with E-state index in [1.807, 2.05) is 0 Å². The molecule has 14 heavy (non-hydrogen) atoms. The molecule has 1 rings (SSSR count). The first-order valence-corrected chi connectivity index (χ1v) is 3.80. The van der Waals surface area contributed by atoms with Gasteiger partial charge in [-0.05, 0) is 18.2 Å². The SMILES string of the molecule is O=COc1ccc(Cl)c(C(F)(F)F)c1. The lowest BCUT2D eigenvalue weighted by atomic mass is 10.2. The van der Waals surface area contributed by atoms with Gasteiger partial charge in [0.15, 0.2) is 0 Å². The van der Waals surface area contributed by atoms with E-state index in [2.05, 4.69) is 4.74 Å². The van der Waals surface area contributed by atoms with Crippen molar-refractivity contribution in [3.8, 4) is 5.75 Å². The molecule has 0 unspecified atom stereocenters. The van der Waals surface area contributed by atoms with Crippen LogP contribution in [0.1, 0.15) is 5.56 Å². The van der Waals surface area contributed by atoms with Crippen LogP contribution in [0.3, 0.4) is 0 Å². The summed E-state index contributed by atoms with van der Waals surface area (Å²) in [4.78, 5) is 9.88. The zero-order valence-electron chi connectivity index (χ0n) is 6.64. The van der Waals surface area contributed by atoms with E-state index in [4.69, 9.17) is 11.6 Å². The van der Waals surface area contributed by atoms with Gasteiger partial charge in [0.1, 0.15) is 5.75 Å². The lowest BCUT2D eigenvalue weighted by Crippen LogP contribution is -2.06. The fourth-order valence-electron chi connectivity index (χ4n) is 0.850. The zero-order valence-corrected chi connectivity index (χ0v) is 7.39. The molecule has 6 heteroatoms. The predicted molar refractivity (Wildman–Crippen MR) is 43.1 cm³/mol. The molecule has 0 radical (unpaired) electrons. The van der Waals surface area contributed by atoms with Crippen molar-refractivity contribution < 1.29 is 22.7 Å². The van der Waals surface area contributed by atoms with E-state index in [1.165, 1.54) is 6.07 Å². The molecule has 0 aliphatic rings. The first-order valence-electron chi connectivity index (χ1n) is 3.42. The molecular formula is C8H4ClF3O2. The Morgan fingerprint density at radius 2 is 2.00 bits per heavy atom. The molecule has 0 heterocycles. The Balaban J connectivity index is 3.15. The van der Waals surface area contributed by atoms with Crippen LogP contribution in [0.15, 0.2) is 18.2 Å². The summed E-state index contributed by atoms with van der Waals surface area (Å²) in [6, 6.07) is 2.85. The number of hydrogen-bond acceptors (Lipinski definition) is 2. The first-order chi connectivity index (χ1) is 6.45. The van der Waals surface area contributed by atoms with Crippen LogP contribution in [0.25, 0.3) is 0 Å². The average Bonchev–Trinajstić information content (AvgIpc) is 2.07. The Kier molecular flexibility index (Phi) is 3.00. The van der Waals surface area contributed by atoms with E-state index in [0.29, 0.717) is 6.07 Å². The van der Waals surface area contributed by atoms with Crippen LogP contribution in [-0.4, -0.2) is 6.47 Å². The summed E-state index contributed by atoms with van der Waals surface area (Å²) >= 11 is 5.32. The summed E-state index contributed by atoms with van der Waals surface area (Å²) in [6.07, 6.45) is -4.56. The van der Waals surface area contributed by atoms with Gasteiger partial charge in [0.25, 0.3) is 6.47 Å². The molecule has 76 valence electrons. The summed E-state index contributed by atoms with van der Waals surface area (Å²) in [5.41, 5.74) is -1.03. The van der Waals surface area contributed by atoms with Crippen LogP contribution in [0, 0.1) is 0 Å². The molecule has 0 N–H and O–H groups in total. The molecule has 0 fully saturated rings. The van der Waals surface area contributed by atoms with Crippen LogP contribution in [-0.2, 0) is 11.0 Å². The maximum Gasteiger partial charge on any atom is 0.417 e. The van der Waals surface area contributed by atoms with Gasteiger partial charge in [-0.1, -0.05) is 11.6 Å². The van der Waals surface area contributed by atoms with Crippen molar-refractivity contribution in [2.45, 2.75) is 6.18 Å². The molecule has 0 bridgehead atoms. The lowest BCUT2D eigenvalue weighted by Gasteiger charge is -2.09. The van der Waals surface area contributed by atoms with Gasteiger partial charge in [-0.2, -0.15) is 13.2 Å². The second kappa shape index (κ2) is 3.88. The monoisotopic (exact) mass is 224 g/mol. The minimum absolute atomic E-state index is 0.0450. The van der Waals surface area contributed by atoms with Crippen molar-refractivity contribution in [2.24, 2.45) is 0 Å². The van der Waals surface area contributed by atoms with Gasteiger partial charge in [-0.25, -0.2) is 0 Å². The molecular weight excluding hydrogens is 221 g/mol. The lowest BCUT2D eigenvalue weighted by molar-refractivity contribution is -0.137. The highest BCUT2D eigenvalue weighted by molar-refractivity contribution is 6.31. The van der Waals surface area contributed by atoms with Crippen molar-refractivity contribution in [1.29, 1.82) is 0 Å². The molecule has 0 saturated heterocycles. The van der Waals surface area contributed by atoms with Crippen LogP contribution in [0.5, 0.6) is 5.75 Å². The quantitative estimate of drug-likeness (QED) is 0.722. The van der Waals surface area contributed by atoms with Crippen molar-refractivity contribution >= 4 is 18.1 Å². The van der Waals surface area contributed by atoms with E-state index in [0.717, 1.165) is 6.07 Å². The summed E-state index contributed by atoms with van der Waals surface area (Å²) in [5.74, 6) is -0.197. The summed E-state index contributed by atoms with van der Waals surface area (Å²) in [7, 11) is 0. The molecule has 1 aromatic carbocycles. The number of alkyl halides is 3.